The number of nitrogens with zero attached hydrogens (tertiary/aromatic N) is 2. The van der Waals surface area contributed by atoms with Crippen LogP contribution in [-0.4, -0.2) is 12.3 Å². The van der Waals surface area contributed by atoms with Crippen LogP contribution in [-0.2, 0) is 0 Å². The molecule has 1 unspecified atom stereocenters. The number of benzene rings is 7. The maximum atomic E-state index is 9.38. The maximum absolute atomic E-state index is 9.38. The highest BCUT2D eigenvalue weighted by molar-refractivity contribution is 6.22. The molecule has 2 heteroatoms. The van der Waals surface area contributed by atoms with E-state index >= 15 is 0 Å². The molecule has 44 heavy (non-hydrogen) atoms. The number of hydrogen-bond donors (Lipinski definition) is 0. The zero-order valence-corrected chi connectivity index (χ0v) is 24.1. The average Bonchev–Trinajstić information content (AvgIpc) is 3.10. The lowest BCUT2D eigenvalue weighted by molar-refractivity contribution is 0.826. The molecule has 0 saturated carbocycles. The highest BCUT2D eigenvalue weighted by atomic mass is 14.8. The van der Waals surface area contributed by atoms with Gasteiger partial charge in [0.25, 0.3) is 0 Å². The first-order chi connectivity index (χ1) is 21.8. The van der Waals surface area contributed by atoms with E-state index in [1.807, 2.05) is 12.2 Å². The van der Waals surface area contributed by atoms with Crippen LogP contribution in [0.15, 0.2) is 157 Å². The Morgan fingerprint density at radius 2 is 1.07 bits per heavy atom. The average molecular weight is 561 g/mol. The number of dihydropyridines is 1. The van der Waals surface area contributed by atoms with Gasteiger partial charge in [-0.15, -0.1) is 0 Å². The number of aliphatic imine (C=N–C) groups is 1. The third-order valence-corrected chi connectivity index (χ3v) is 8.75. The molecule has 2 nitrogen and oxygen atoms in total. The molecule has 0 amide bonds. The summed E-state index contributed by atoms with van der Waals surface area (Å²) in [6.45, 7) is 0.493. The van der Waals surface area contributed by atoms with Crippen LogP contribution in [0.4, 0.5) is 0 Å². The lowest BCUT2D eigenvalue weighted by Gasteiger charge is -2.19. The van der Waals surface area contributed by atoms with Gasteiger partial charge in [-0.2, -0.15) is 5.26 Å². The minimum Gasteiger partial charge on any atom is -0.283 e. The molecule has 1 atom stereocenters. The summed E-state index contributed by atoms with van der Waals surface area (Å²) < 4.78 is 0. The molecule has 0 aromatic heterocycles. The van der Waals surface area contributed by atoms with Crippen LogP contribution in [0.2, 0.25) is 0 Å². The van der Waals surface area contributed by atoms with Crippen molar-refractivity contribution in [3.8, 4) is 39.4 Å². The fraction of sp³-hybridized carbons (Fsp3) is 0.0476. The molecule has 0 spiro atoms. The van der Waals surface area contributed by atoms with Crippen LogP contribution in [0, 0.1) is 17.2 Å². The Hall–Kier alpha value is -5.78. The third kappa shape index (κ3) is 4.30. The number of allylic oxidation sites excluding steroid dienone is 1. The summed E-state index contributed by atoms with van der Waals surface area (Å²) in [4.78, 5) is 4.82. The van der Waals surface area contributed by atoms with E-state index in [2.05, 4.69) is 146 Å². The fourth-order valence-electron chi connectivity index (χ4n) is 6.75. The van der Waals surface area contributed by atoms with Gasteiger partial charge in [0.1, 0.15) is 0 Å². The lowest BCUT2D eigenvalue weighted by Crippen LogP contribution is -2.10. The number of hydrogen-bond acceptors (Lipinski definition) is 2. The van der Waals surface area contributed by atoms with Crippen molar-refractivity contribution < 1.29 is 0 Å². The van der Waals surface area contributed by atoms with Crippen LogP contribution in [0.3, 0.4) is 0 Å². The molecule has 0 N–H and O–H groups in total. The standard InChI is InChI=1S/C42H28N2/c43-26-28-19-24-39(44-27-28)38-23-20-31-25-32(21-22-33(31)40(38)29-11-3-1-4-12-29)42-36-17-9-7-15-34(36)41(30-13-5-2-6-14-30)35-16-8-10-18-37(35)42/h1-25,28H,27H2. The molecule has 0 aliphatic carbocycles. The molecule has 0 fully saturated rings. The van der Waals surface area contributed by atoms with Gasteiger partial charge in [0.2, 0.25) is 0 Å². The molecule has 7 aromatic carbocycles. The van der Waals surface area contributed by atoms with Crippen LogP contribution >= 0.6 is 0 Å². The predicted octanol–water partition coefficient (Wildman–Crippen LogP) is 10.6. The molecule has 206 valence electrons. The zero-order valence-electron chi connectivity index (χ0n) is 24.1. The molecular weight excluding hydrogens is 532 g/mol. The summed E-state index contributed by atoms with van der Waals surface area (Å²) in [6.07, 6.45) is 3.98. The van der Waals surface area contributed by atoms with Crippen molar-refractivity contribution >= 4 is 38.0 Å². The Bertz CT molecular complexity index is 2250. The second kappa shape index (κ2) is 10.8. The SMILES string of the molecule is N#CC1C=CC(c2ccc3cc(-c4c5ccccc5c(-c5ccccc5)c5ccccc45)ccc3c2-c2ccccc2)=NC1. The van der Waals surface area contributed by atoms with Crippen LogP contribution in [0.1, 0.15) is 5.56 Å². The summed E-state index contributed by atoms with van der Waals surface area (Å²) in [6, 6.07) is 52.5. The Kier molecular flexibility index (Phi) is 6.36. The van der Waals surface area contributed by atoms with E-state index in [-0.39, 0.29) is 5.92 Å². The molecule has 0 saturated heterocycles. The topological polar surface area (TPSA) is 36.1 Å². The molecule has 0 bridgehead atoms. The summed E-state index contributed by atoms with van der Waals surface area (Å²) in [7, 11) is 0. The molecule has 1 heterocycles. The summed E-state index contributed by atoms with van der Waals surface area (Å²) in [5, 5.41) is 16.8. The maximum Gasteiger partial charge on any atom is 0.0842 e. The minimum atomic E-state index is -0.167. The van der Waals surface area contributed by atoms with Crippen molar-refractivity contribution in [1.29, 1.82) is 5.26 Å². The molecule has 1 aliphatic rings. The van der Waals surface area contributed by atoms with Gasteiger partial charge < -0.3 is 0 Å². The van der Waals surface area contributed by atoms with E-state index in [0.717, 1.165) is 16.8 Å². The van der Waals surface area contributed by atoms with Gasteiger partial charge in [-0.3, -0.25) is 4.99 Å². The number of rotatable bonds is 4. The zero-order chi connectivity index (χ0) is 29.5. The molecule has 7 aromatic rings. The normalized spacial score (nSPS) is 14.5. The first kappa shape index (κ1) is 25.9. The van der Waals surface area contributed by atoms with E-state index in [0.29, 0.717) is 6.54 Å². The highest BCUT2D eigenvalue weighted by Gasteiger charge is 2.19. The molecule has 1 aliphatic heterocycles. The summed E-state index contributed by atoms with van der Waals surface area (Å²) in [5.41, 5.74) is 9.29. The van der Waals surface area contributed by atoms with E-state index in [4.69, 9.17) is 4.99 Å². The van der Waals surface area contributed by atoms with Crippen molar-refractivity contribution in [2.45, 2.75) is 0 Å². The van der Waals surface area contributed by atoms with Crippen LogP contribution in [0.25, 0.3) is 65.7 Å². The lowest BCUT2D eigenvalue weighted by atomic mass is 9.84. The molecule has 8 rings (SSSR count). The highest BCUT2D eigenvalue weighted by Crippen LogP contribution is 2.44. The number of fused-ring (bicyclic) bond motifs is 3. The second-order valence-corrected chi connectivity index (χ2v) is 11.3. The van der Waals surface area contributed by atoms with Gasteiger partial charge in [-0.05, 0) is 77.8 Å². The van der Waals surface area contributed by atoms with Gasteiger partial charge in [-0.25, -0.2) is 0 Å². The Balaban J connectivity index is 1.38. The Labute approximate surface area is 256 Å². The molecule has 0 radical (unpaired) electrons. The Morgan fingerprint density at radius 3 is 1.61 bits per heavy atom. The van der Waals surface area contributed by atoms with Crippen molar-refractivity contribution in [3.05, 3.63) is 157 Å². The van der Waals surface area contributed by atoms with E-state index in [1.54, 1.807) is 0 Å². The van der Waals surface area contributed by atoms with E-state index in [9.17, 15) is 5.26 Å². The van der Waals surface area contributed by atoms with Gasteiger partial charge in [0.05, 0.1) is 24.2 Å². The van der Waals surface area contributed by atoms with E-state index in [1.165, 1.54) is 60.1 Å². The Morgan fingerprint density at radius 1 is 0.523 bits per heavy atom. The van der Waals surface area contributed by atoms with Gasteiger partial charge in [0.15, 0.2) is 0 Å². The van der Waals surface area contributed by atoms with Crippen molar-refractivity contribution in [2.24, 2.45) is 10.9 Å². The molecular formula is C42H28N2. The van der Waals surface area contributed by atoms with Crippen molar-refractivity contribution in [3.63, 3.8) is 0 Å². The fourth-order valence-corrected chi connectivity index (χ4v) is 6.75. The summed E-state index contributed by atoms with van der Waals surface area (Å²) >= 11 is 0. The number of nitriles is 1. The van der Waals surface area contributed by atoms with Crippen molar-refractivity contribution in [2.75, 3.05) is 6.54 Å². The predicted molar refractivity (Wildman–Crippen MR) is 185 cm³/mol. The minimum absolute atomic E-state index is 0.167. The van der Waals surface area contributed by atoms with Crippen molar-refractivity contribution in [1.82, 2.24) is 0 Å². The van der Waals surface area contributed by atoms with Gasteiger partial charge >= 0.3 is 0 Å². The second-order valence-electron chi connectivity index (χ2n) is 11.3. The van der Waals surface area contributed by atoms with Crippen LogP contribution in [0.5, 0.6) is 0 Å². The largest absolute Gasteiger partial charge is 0.283 e. The third-order valence-electron chi connectivity index (χ3n) is 8.75. The quantitative estimate of drug-likeness (QED) is 0.197. The monoisotopic (exact) mass is 560 g/mol. The van der Waals surface area contributed by atoms with E-state index < -0.39 is 0 Å². The first-order valence-corrected chi connectivity index (χ1v) is 15.0. The van der Waals surface area contributed by atoms with Gasteiger partial charge in [0, 0.05) is 5.56 Å². The smallest absolute Gasteiger partial charge is 0.0842 e. The summed E-state index contributed by atoms with van der Waals surface area (Å²) in [5.74, 6) is -0.167. The first-order valence-electron chi connectivity index (χ1n) is 15.0. The van der Waals surface area contributed by atoms with Gasteiger partial charge in [-0.1, -0.05) is 140 Å². The van der Waals surface area contributed by atoms with Crippen LogP contribution < -0.4 is 0 Å².